The number of ether oxygens (including phenoxy) is 1. The summed E-state index contributed by atoms with van der Waals surface area (Å²) >= 11 is 0. The van der Waals surface area contributed by atoms with Crippen molar-refractivity contribution in [3.8, 4) is 0 Å². The Balaban J connectivity index is 2.25. The van der Waals surface area contributed by atoms with E-state index in [1.165, 1.54) is 34.9 Å². The van der Waals surface area contributed by atoms with Gasteiger partial charge in [0, 0.05) is 23.6 Å². The number of nitrogens with zero attached hydrogens (tertiary/aromatic N) is 2. The third kappa shape index (κ3) is 4.15. The number of non-ortho nitro benzene ring substituents is 1. The van der Waals surface area contributed by atoms with Crippen LogP contribution < -0.4 is 5.56 Å². The fraction of sp³-hybridized carbons (Fsp3) is 0.375. The van der Waals surface area contributed by atoms with Crippen LogP contribution in [0.4, 0.5) is 5.69 Å². The molecule has 0 aliphatic carbocycles. The first-order valence-corrected chi connectivity index (χ1v) is 7.32. The van der Waals surface area contributed by atoms with Gasteiger partial charge < -0.3 is 4.74 Å². The number of nitro groups is 1. The van der Waals surface area contributed by atoms with Crippen molar-refractivity contribution < 1.29 is 14.5 Å². The first-order chi connectivity index (χ1) is 10.9. The summed E-state index contributed by atoms with van der Waals surface area (Å²) in [5, 5.41) is 11.3. The van der Waals surface area contributed by atoms with Crippen molar-refractivity contribution in [3.63, 3.8) is 0 Å². The van der Waals surface area contributed by atoms with Gasteiger partial charge in [-0.05, 0) is 24.5 Å². The van der Waals surface area contributed by atoms with E-state index in [4.69, 9.17) is 4.74 Å². The molecular weight excluding hydrogens is 300 g/mol. The number of pyridine rings is 1. The molecule has 0 unspecified atom stereocenters. The van der Waals surface area contributed by atoms with E-state index in [0.29, 0.717) is 23.4 Å². The second-order valence-electron chi connectivity index (χ2n) is 5.66. The van der Waals surface area contributed by atoms with Crippen molar-refractivity contribution >= 4 is 22.6 Å². The Morgan fingerprint density at radius 2 is 2.04 bits per heavy atom. The highest BCUT2D eigenvalue weighted by Crippen LogP contribution is 2.19. The Bertz CT molecular complexity index is 795. The fourth-order valence-corrected chi connectivity index (χ4v) is 2.15. The third-order valence-electron chi connectivity index (χ3n) is 3.43. The molecule has 0 radical (unpaired) electrons. The maximum atomic E-state index is 12.0. The van der Waals surface area contributed by atoms with Crippen molar-refractivity contribution in [2.45, 2.75) is 26.8 Å². The first-order valence-electron chi connectivity index (χ1n) is 7.32. The molecule has 0 saturated heterocycles. The number of carbonyl (C=O) groups excluding carboxylic acids is 1. The van der Waals surface area contributed by atoms with Gasteiger partial charge in [0.2, 0.25) is 0 Å². The Morgan fingerprint density at radius 1 is 1.30 bits per heavy atom. The molecule has 23 heavy (non-hydrogen) atoms. The minimum absolute atomic E-state index is 0.0674. The van der Waals surface area contributed by atoms with Crippen LogP contribution in [0.1, 0.15) is 20.3 Å². The fourth-order valence-electron chi connectivity index (χ4n) is 2.15. The van der Waals surface area contributed by atoms with Gasteiger partial charge in [-0.25, -0.2) is 0 Å². The molecule has 1 aromatic heterocycles. The molecule has 0 spiro atoms. The van der Waals surface area contributed by atoms with Crippen LogP contribution in [0.5, 0.6) is 0 Å². The van der Waals surface area contributed by atoms with Gasteiger partial charge in [-0.15, -0.1) is 0 Å². The smallest absolute Gasteiger partial charge is 0.326 e. The maximum absolute atomic E-state index is 12.0. The average Bonchev–Trinajstić information content (AvgIpc) is 2.49. The van der Waals surface area contributed by atoms with E-state index in [9.17, 15) is 19.7 Å². The number of aromatic nitrogens is 1. The number of carbonyl (C=O) groups is 1. The van der Waals surface area contributed by atoms with Crippen LogP contribution in [0.2, 0.25) is 0 Å². The molecule has 2 rings (SSSR count). The van der Waals surface area contributed by atoms with Crippen LogP contribution in [0.15, 0.2) is 35.1 Å². The first kappa shape index (κ1) is 16.7. The molecule has 0 aliphatic heterocycles. The topological polar surface area (TPSA) is 91.4 Å². The normalized spacial score (nSPS) is 10.9. The summed E-state index contributed by atoms with van der Waals surface area (Å²) in [7, 11) is 0. The molecule has 7 nitrogen and oxygen atoms in total. The van der Waals surface area contributed by atoms with E-state index in [0.717, 1.165) is 6.42 Å². The molecule has 0 N–H and O–H groups in total. The molecule has 0 amide bonds. The molecule has 1 aromatic carbocycles. The van der Waals surface area contributed by atoms with Gasteiger partial charge in [0.25, 0.3) is 11.2 Å². The van der Waals surface area contributed by atoms with Gasteiger partial charge in [-0.1, -0.05) is 13.8 Å². The van der Waals surface area contributed by atoms with E-state index in [1.54, 1.807) is 0 Å². The molecule has 2 aromatic rings. The van der Waals surface area contributed by atoms with E-state index < -0.39 is 10.9 Å². The minimum Gasteiger partial charge on any atom is -0.464 e. The van der Waals surface area contributed by atoms with Crippen LogP contribution in [0, 0.1) is 16.0 Å². The standard InChI is InChI=1S/C16H18N2O5/c1-11(2)7-8-23-16(20)10-17-14-5-4-13(18(21)22)9-12(14)3-6-15(17)19/h3-6,9,11H,7-8,10H2,1-2H3. The van der Waals surface area contributed by atoms with Crippen molar-refractivity contribution in [2.24, 2.45) is 5.92 Å². The van der Waals surface area contributed by atoms with E-state index in [1.807, 2.05) is 13.8 Å². The van der Waals surface area contributed by atoms with E-state index in [2.05, 4.69) is 0 Å². The molecule has 7 heteroatoms. The lowest BCUT2D eigenvalue weighted by molar-refractivity contribution is -0.384. The summed E-state index contributed by atoms with van der Waals surface area (Å²) in [6.45, 7) is 4.14. The molecule has 0 saturated carbocycles. The Kier molecular flexibility index (Phi) is 5.10. The quantitative estimate of drug-likeness (QED) is 0.463. The van der Waals surface area contributed by atoms with Gasteiger partial charge in [0.15, 0.2) is 0 Å². The van der Waals surface area contributed by atoms with Crippen molar-refractivity contribution in [3.05, 3.63) is 50.8 Å². The average molecular weight is 318 g/mol. The van der Waals surface area contributed by atoms with Gasteiger partial charge in [-0.3, -0.25) is 24.3 Å². The molecule has 0 atom stereocenters. The highest BCUT2D eigenvalue weighted by molar-refractivity contribution is 5.82. The number of benzene rings is 1. The van der Waals surface area contributed by atoms with Crippen LogP contribution >= 0.6 is 0 Å². The Hall–Kier alpha value is -2.70. The molecular formula is C16H18N2O5. The second kappa shape index (κ2) is 7.04. The number of hydrogen-bond donors (Lipinski definition) is 0. The van der Waals surface area contributed by atoms with E-state index >= 15 is 0 Å². The molecule has 1 heterocycles. The molecule has 0 bridgehead atoms. The molecule has 0 aliphatic rings. The highest BCUT2D eigenvalue weighted by Gasteiger charge is 2.12. The Morgan fingerprint density at radius 3 is 2.70 bits per heavy atom. The van der Waals surface area contributed by atoms with Crippen LogP contribution in [0.25, 0.3) is 10.9 Å². The summed E-state index contributed by atoms with van der Waals surface area (Å²) in [5.41, 5.74) is 0.0401. The lowest BCUT2D eigenvalue weighted by Gasteiger charge is -2.10. The van der Waals surface area contributed by atoms with Gasteiger partial charge in [-0.2, -0.15) is 0 Å². The van der Waals surface area contributed by atoms with Crippen molar-refractivity contribution in [2.75, 3.05) is 6.61 Å². The minimum atomic E-state index is -0.505. The lowest BCUT2D eigenvalue weighted by Crippen LogP contribution is -2.25. The largest absolute Gasteiger partial charge is 0.464 e. The number of esters is 1. The van der Waals surface area contributed by atoms with Crippen molar-refractivity contribution in [1.82, 2.24) is 4.57 Å². The summed E-state index contributed by atoms with van der Waals surface area (Å²) in [5.74, 6) is -0.0813. The predicted octanol–water partition coefficient (Wildman–Crippen LogP) is 2.50. The summed E-state index contributed by atoms with van der Waals surface area (Å²) in [4.78, 5) is 34.2. The number of fused-ring (bicyclic) bond motifs is 1. The zero-order valence-electron chi connectivity index (χ0n) is 13.0. The van der Waals surface area contributed by atoms with E-state index in [-0.39, 0.29) is 17.8 Å². The Labute approximate surface area is 132 Å². The third-order valence-corrected chi connectivity index (χ3v) is 3.43. The van der Waals surface area contributed by atoms with Crippen LogP contribution in [-0.4, -0.2) is 22.1 Å². The van der Waals surface area contributed by atoms with Crippen LogP contribution in [-0.2, 0) is 16.1 Å². The van der Waals surface area contributed by atoms with Gasteiger partial charge >= 0.3 is 5.97 Å². The highest BCUT2D eigenvalue weighted by atomic mass is 16.6. The van der Waals surface area contributed by atoms with Gasteiger partial charge in [0.05, 0.1) is 17.0 Å². The SMILES string of the molecule is CC(C)CCOC(=O)Cn1c(=O)ccc2cc([N+](=O)[O-])ccc21. The summed E-state index contributed by atoms with van der Waals surface area (Å²) in [6.07, 6.45) is 0.752. The molecule has 122 valence electrons. The summed E-state index contributed by atoms with van der Waals surface area (Å²) in [6, 6.07) is 6.94. The van der Waals surface area contributed by atoms with Crippen LogP contribution in [0.3, 0.4) is 0 Å². The lowest BCUT2D eigenvalue weighted by atomic mass is 10.1. The zero-order valence-corrected chi connectivity index (χ0v) is 13.0. The maximum Gasteiger partial charge on any atom is 0.326 e. The monoisotopic (exact) mass is 318 g/mol. The predicted molar refractivity (Wildman–Crippen MR) is 85.3 cm³/mol. The van der Waals surface area contributed by atoms with Gasteiger partial charge in [0.1, 0.15) is 6.54 Å². The number of nitro benzene ring substituents is 1. The zero-order chi connectivity index (χ0) is 17.0. The number of rotatable bonds is 6. The molecule has 0 fully saturated rings. The number of hydrogen-bond acceptors (Lipinski definition) is 5. The van der Waals surface area contributed by atoms with Crippen molar-refractivity contribution in [1.29, 1.82) is 0 Å². The second-order valence-corrected chi connectivity index (χ2v) is 5.66. The summed E-state index contributed by atoms with van der Waals surface area (Å²) < 4.78 is 6.38.